The van der Waals surface area contributed by atoms with E-state index in [0.29, 0.717) is 35.5 Å². The van der Waals surface area contributed by atoms with Crippen LogP contribution in [0.5, 0.6) is 0 Å². The lowest BCUT2D eigenvalue weighted by atomic mass is 10.0. The highest BCUT2D eigenvalue weighted by Gasteiger charge is 2.54. The quantitative estimate of drug-likeness (QED) is 0.558. The summed E-state index contributed by atoms with van der Waals surface area (Å²) in [6.07, 6.45) is 2.40. The molecule has 3 atom stereocenters. The Labute approximate surface area is 148 Å². The second kappa shape index (κ2) is 5.39. The maximum Gasteiger partial charge on any atom is 0.293 e. The predicted molar refractivity (Wildman–Crippen MR) is 97.4 cm³/mol. The number of anilines is 1. The number of H-pyrrole nitrogens is 1. The lowest BCUT2D eigenvalue weighted by Gasteiger charge is -2.10. The van der Waals surface area contributed by atoms with Crippen molar-refractivity contribution in [3.63, 3.8) is 0 Å². The van der Waals surface area contributed by atoms with E-state index in [1.54, 1.807) is 6.07 Å². The molecule has 1 heterocycles. The van der Waals surface area contributed by atoms with Gasteiger partial charge >= 0.3 is 0 Å². The first-order valence-corrected chi connectivity index (χ1v) is 8.61. The number of nitrogens with one attached hydrogen (secondary N) is 2. The Hall–Kier alpha value is -3.22. The van der Waals surface area contributed by atoms with E-state index < -0.39 is 4.92 Å². The third kappa shape index (κ3) is 2.20. The summed E-state index contributed by atoms with van der Waals surface area (Å²) in [7, 11) is 0. The van der Waals surface area contributed by atoms with E-state index >= 15 is 0 Å². The summed E-state index contributed by atoms with van der Waals surface area (Å²) in [5.74, 6) is 1.67. The molecule has 0 spiro atoms. The van der Waals surface area contributed by atoms with Gasteiger partial charge in [-0.05, 0) is 41.4 Å². The van der Waals surface area contributed by atoms with E-state index in [4.69, 9.17) is 0 Å². The third-order valence-electron chi connectivity index (χ3n) is 5.68. The number of nitrogens with zero attached hydrogens (tertiary/aromatic N) is 2. The lowest BCUT2D eigenvalue weighted by molar-refractivity contribution is -0.383. The molecule has 0 radical (unpaired) electrons. The van der Waals surface area contributed by atoms with Crippen LogP contribution >= 0.6 is 0 Å². The van der Waals surface area contributed by atoms with E-state index in [0.717, 1.165) is 6.42 Å². The summed E-state index contributed by atoms with van der Waals surface area (Å²) in [6.45, 7) is 0.680. The zero-order valence-electron chi connectivity index (χ0n) is 13.8. The molecule has 1 aromatic heterocycles. The molecule has 1 fully saturated rings. The van der Waals surface area contributed by atoms with E-state index in [1.807, 2.05) is 0 Å². The third-order valence-corrected chi connectivity index (χ3v) is 5.68. The molecule has 2 aliphatic rings. The number of aromatic amines is 1. The van der Waals surface area contributed by atoms with Crippen molar-refractivity contribution in [2.24, 2.45) is 11.8 Å². The Morgan fingerprint density at radius 1 is 1.31 bits per heavy atom. The van der Waals surface area contributed by atoms with Crippen molar-refractivity contribution < 1.29 is 4.92 Å². The highest BCUT2D eigenvalue weighted by molar-refractivity contribution is 5.86. The number of hydrogen-bond acceptors (Lipinski definition) is 5. The molecule has 7 nitrogen and oxygen atoms in total. The van der Waals surface area contributed by atoms with Crippen LogP contribution in [-0.4, -0.2) is 21.4 Å². The molecule has 2 N–H and O–H groups in total. The van der Waals surface area contributed by atoms with Crippen molar-refractivity contribution in [3.8, 4) is 0 Å². The predicted octanol–water partition coefficient (Wildman–Crippen LogP) is 2.83. The van der Waals surface area contributed by atoms with Crippen molar-refractivity contribution in [2.75, 3.05) is 11.9 Å². The van der Waals surface area contributed by atoms with Crippen molar-refractivity contribution in [2.45, 2.75) is 12.3 Å². The number of nitro benzene ring substituents is 1. The Morgan fingerprint density at radius 3 is 3.00 bits per heavy atom. The first-order valence-electron chi connectivity index (χ1n) is 8.61. The van der Waals surface area contributed by atoms with E-state index in [9.17, 15) is 14.9 Å². The van der Waals surface area contributed by atoms with Crippen molar-refractivity contribution in [1.29, 1.82) is 0 Å². The smallest absolute Gasteiger partial charge is 0.293 e. The van der Waals surface area contributed by atoms with Gasteiger partial charge in [0.2, 0.25) is 0 Å². The Bertz CT molecular complexity index is 1110. The van der Waals surface area contributed by atoms with Gasteiger partial charge in [0.25, 0.3) is 11.2 Å². The molecule has 0 aliphatic heterocycles. The van der Waals surface area contributed by atoms with E-state index in [-0.39, 0.29) is 16.6 Å². The van der Waals surface area contributed by atoms with Gasteiger partial charge in [-0.15, -0.1) is 0 Å². The van der Waals surface area contributed by atoms with Crippen LogP contribution < -0.4 is 10.9 Å². The van der Waals surface area contributed by atoms with Crippen LogP contribution in [0, 0.1) is 22.0 Å². The standard InChI is InChI=1S/C19H16N4O3/c24-19-13-6-17(23(25)26)16(7-15(13)21-9-22-19)20-8-14-12-5-10-3-1-2-4-11(10)18(12)14/h1-4,6-7,9,12,14,18,20H,5,8H2,(H,21,22,24). The van der Waals surface area contributed by atoms with Crippen molar-refractivity contribution in [3.05, 3.63) is 74.3 Å². The summed E-state index contributed by atoms with van der Waals surface area (Å²) in [5, 5.41) is 14.9. The van der Waals surface area contributed by atoms with Crippen molar-refractivity contribution in [1.82, 2.24) is 9.97 Å². The molecule has 0 bridgehead atoms. The normalized spacial score (nSPS) is 22.7. The monoisotopic (exact) mass is 348 g/mol. The number of nitro groups is 1. The number of aromatic nitrogens is 2. The minimum atomic E-state index is -0.461. The second-order valence-corrected chi connectivity index (χ2v) is 7.01. The van der Waals surface area contributed by atoms with E-state index in [2.05, 4.69) is 39.6 Å². The summed E-state index contributed by atoms with van der Waals surface area (Å²) < 4.78 is 0. The maximum absolute atomic E-state index is 11.9. The molecule has 2 aromatic carbocycles. The van der Waals surface area contributed by atoms with Crippen molar-refractivity contribution >= 4 is 22.3 Å². The first kappa shape index (κ1) is 15.1. The highest BCUT2D eigenvalue weighted by atomic mass is 16.6. The van der Waals surface area contributed by atoms with E-state index in [1.165, 1.54) is 23.5 Å². The minimum Gasteiger partial charge on any atom is -0.379 e. The van der Waals surface area contributed by atoms with Crippen LogP contribution in [0.25, 0.3) is 10.9 Å². The molecule has 3 aromatic rings. The first-order chi connectivity index (χ1) is 12.6. The summed E-state index contributed by atoms with van der Waals surface area (Å²) in [4.78, 5) is 29.4. The molecular weight excluding hydrogens is 332 g/mol. The van der Waals surface area contributed by atoms with Gasteiger partial charge in [0, 0.05) is 12.6 Å². The molecular formula is C19H16N4O3. The summed E-state index contributed by atoms with van der Waals surface area (Å²) in [6, 6.07) is 11.4. The highest BCUT2D eigenvalue weighted by Crippen LogP contribution is 2.61. The average Bonchev–Trinajstić information content (AvgIpc) is 3.17. The largest absolute Gasteiger partial charge is 0.379 e. The van der Waals surface area contributed by atoms with Crippen LogP contribution in [0.2, 0.25) is 0 Å². The van der Waals surface area contributed by atoms with Crippen LogP contribution in [0.4, 0.5) is 11.4 Å². The van der Waals surface area contributed by atoms with Gasteiger partial charge in [-0.3, -0.25) is 14.9 Å². The zero-order valence-corrected chi connectivity index (χ0v) is 13.8. The summed E-state index contributed by atoms with van der Waals surface area (Å²) >= 11 is 0. The molecule has 3 unspecified atom stereocenters. The number of rotatable bonds is 4. The van der Waals surface area contributed by atoms with Crippen LogP contribution in [0.1, 0.15) is 17.0 Å². The fourth-order valence-electron chi connectivity index (χ4n) is 4.39. The SMILES string of the molecule is O=c1[nH]cnc2cc(NCC3C4Cc5ccccc5C34)c([N+](=O)[O-])cc12. The Kier molecular flexibility index (Phi) is 3.12. The van der Waals surface area contributed by atoms with Gasteiger partial charge in [-0.2, -0.15) is 0 Å². The topological polar surface area (TPSA) is 101 Å². The maximum atomic E-state index is 11.9. The molecule has 1 saturated carbocycles. The molecule has 5 rings (SSSR count). The molecule has 0 amide bonds. The lowest BCUT2D eigenvalue weighted by Crippen LogP contribution is -2.11. The van der Waals surface area contributed by atoms with Gasteiger partial charge in [0.05, 0.1) is 22.2 Å². The average molecular weight is 348 g/mol. The molecule has 2 aliphatic carbocycles. The minimum absolute atomic E-state index is 0.0952. The molecule has 0 saturated heterocycles. The fourth-order valence-corrected chi connectivity index (χ4v) is 4.39. The van der Waals surface area contributed by atoms with Gasteiger partial charge in [-0.1, -0.05) is 24.3 Å². The Morgan fingerprint density at radius 2 is 2.15 bits per heavy atom. The number of fused-ring (bicyclic) bond motifs is 4. The summed E-state index contributed by atoms with van der Waals surface area (Å²) in [5.41, 5.74) is 3.24. The van der Waals surface area contributed by atoms with Crippen LogP contribution in [-0.2, 0) is 6.42 Å². The molecule has 130 valence electrons. The van der Waals surface area contributed by atoms with Gasteiger partial charge in [-0.25, -0.2) is 4.98 Å². The molecule has 7 heteroatoms. The van der Waals surface area contributed by atoms with Crippen LogP contribution in [0.3, 0.4) is 0 Å². The fraction of sp³-hybridized carbons (Fsp3) is 0.263. The Balaban J connectivity index is 1.41. The number of hydrogen-bond donors (Lipinski definition) is 2. The second-order valence-electron chi connectivity index (χ2n) is 7.01. The van der Waals surface area contributed by atoms with Gasteiger partial charge < -0.3 is 10.3 Å². The number of benzene rings is 2. The van der Waals surface area contributed by atoms with Gasteiger partial charge in [0.1, 0.15) is 5.69 Å². The van der Waals surface area contributed by atoms with Gasteiger partial charge in [0.15, 0.2) is 0 Å². The zero-order chi connectivity index (χ0) is 17.8. The van der Waals surface area contributed by atoms with Crippen LogP contribution in [0.15, 0.2) is 47.5 Å². The molecule has 26 heavy (non-hydrogen) atoms.